The van der Waals surface area contributed by atoms with Gasteiger partial charge in [-0.3, -0.25) is 9.69 Å². The van der Waals surface area contributed by atoms with Crippen molar-refractivity contribution in [2.45, 2.75) is 19.3 Å². The second-order valence-electron chi connectivity index (χ2n) is 6.21. The van der Waals surface area contributed by atoms with E-state index in [1.807, 2.05) is 11.9 Å². The molecule has 1 amide bonds. The SMILES string of the molecule is COCCN1CC[C@H](CN(C)C(=O)CN2CCCC2)C1. The molecule has 5 heteroatoms. The predicted octanol–water partition coefficient (Wildman–Crippen LogP) is 0.509. The quantitative estimate of drug-likeness (QED) is 0.682. The van der Waals surface area contributed by atoms with Crippen molar-refractivity contribution in [3.8, 4) is 0 Å². The Balaban J connectivity index is 1.66. The molecule has 0 aliphatic carbocycles. The molecule has 0 aromatic rings. The van der Waals surface area contributed by atoms with Crippen LogP contribution in [0.3, 0.4) is 0 Å². The number of rotatable bonds is 7. The third kappa shape index (κ3) is 4.72. The normalized spacial score (nSPS) is 24.4. The summed E-state index contributed by atoms with van der Waals surface area (Å²) >= 11 is 0. The van der Waals surface area contributed by atoms with Crippen LogP contribution in [0.4, 0.5) is 0 Å². The van der Waals surface area contributed by atoms with Crippen LogP contribution >= 0.6 is 0 Å². The van der Waals surface area contributed by atoms with Crippen LogP contribution in [-0.2, 0) is 9.53 Å². The Morgan fingerprint density at radius 3 is 2.70 bits per heavy atom. The van der Waals surface area contributed by atoms with E-state index in [4.69, 9.17) is 4.74 Å². The summed E-state index contributed by atoms with van der Waals surface area (Å²) in [6.45, 7) is 7.75. The van der Waals surface area contributed by atoms with E-state index in [-0.39, 0.29) is 5.91 Å². The van der Waals surface area contributed by atoms with Gasteiger partial charge in [-0.05, 0) is 44.8 Å². The Kier molecular flexibility index (Phi) is 6.26. The lowest BCUT2D eigenvalue weighted by atomic mass is 10.1. The van der Waals surface area contributed by atoms with Crippen LogP contribution in [0.1, 0.15) is 19.3 Å². The molecule has 5 nitrogen and oxygen atoms in total. The van der Waals surface area contributed by atoms with Gasteiger partial charge >= 0.3 is 0 Å². The summed E-state index contributed by atoms with van der Waals surface area (Å²) in [5, 5.41) is 0. The monoisotopic (exact) mass is 283 g/mol. The lowest BCUT2D eigenvalue weighted by Crippen LogP contribution is -2.40. The minimum absolute atomic E-state index is 0.280. The summed E-state index contributed by atoms with van der Waals surface area (Å²) in [7, 11) is 3.70. The lowest BCUT2D eigenvalue weighted by Gasteiger charge is -2.24. The molecule has 0 aromatic heterocycles. The van der Waals surface area contributed by atoms with E-state index in [9.17, 15) is 4.79 Å². The maximum atomic E-state index is 12.2. The van der Waals surface area contributed by atoms with E-state index >= 15 is 0 Å². The third-order valence-corrected chi connectivity index (χ3v) is 4.50. The number of ether oxygens (including phenoxy) is 1. The molecule has 0 saturated carbocycles. The standard InChI is InChI=1S/C15H29N3O2/c1-16(15(19)13-17-6-3-4-7-17)11-14-5-8-18(12-14)9-10-20-2/h14H,3-13H2,1-2H3/t14-/m1/s1. The minimum Gasteiger partial charge on any atom is -0.383 e. The number of amides is 1. The molecule has 0 bridgehead atoms. The topological polar surface area (TPSA) is 36.0 Å². The molecule has 2 saturated heterocycles. The van der Waals surface area contributed by atoms with Gasteiger partial charge in [-0.25, -0.2) is 0 Å². The fourth-order valence-corrected chi connectivity index (χ4v) is 3.23. The van der Waals surface area contributed by atoms with E-state index in [1.165, 1.54) is 19.3 Å². The highest BCUT2D eigenvalue weighted by Gasteiger charge is 2.25. The van der Waals surface area contributed by atoms with E-state index < -0.39 is 0 Å². The molecule has 2 aliphatic heterocycles. The smallest absolute Gasteiger partial charge is 0.236 e. The second kappa shape index (κ2) is 7.96. The predicted molar refractivity (Wildman–Crippen MR) is 79.7 cm³/mol. The molecular weight excluding hydrogens is 254 g/mol. The highest BCUT2D eigenvalue weighted by Crippen LogP contribution is 2.17. The molecule has 0 radical (unpaired) electrons. The maximum Gasteiger partial charge on any atom is 0.236 e. The number of likely N-dealkylation sites (N-methyl/N-ethyl adjacent to an activating group) is 1. The summed E-state index contributed by atoms with van der Waals surface area (Å²) in [5.74, 6) is 0.904. The van der Waals surface area contributed by atoms with Crippen LogP contribution in [0.2, 0.25) is 0 Å². The van der Waals surface area contributed by atoms with Gasteiger partial charge in [0, 0.05) is 33.8 Å². The van der Waals surface area contributed by atoms with Crippen LogP contribution in [0.5, 0.6) is 0 Å². The first kappa shape index (κ1) is 15.7. The Labute approximate surface area is 122 Å². The van der Waals surface area contributed by atoms with Gasteiger partial charge in [-0.1, -0.05) is 0 Å². The number of hydrogen-bond acceptors (Lipinski definition) is 4. The lowest BCUT2D eigenvalue weighted by molar-refractivity contribution is -0.131. The maximum absolute atomic E-state index is 12.2. The first-order chi connectivity index (χ1) is 9.69. The number of likely N-dealkylation sites (tertiary alicyclic amines) is 2. The van der Waals surface area contributed by atoms with Gasteiger partial charge in [0.25, 0.3) is 0 Å². The van der Waals surface area contributed by atoms with Crippen LogP contribution in [0, 0.1) is 5.92 Å². The van der Waals surface area contributed by atoms with E-state index in [2.05, 4.69) is 9.80 Å². The third-order valence-electron chi connectivity index (χ3n) is 4.50. The molecule has 2 fully saturated rings. The Morgan fingerprint density at radius 1 is 1.25 bits per heavy atom. The van der Waals surface area contributed by atoms with Crippen LogP contribution in [-0.4, -0.2) is 87.2 Å². The molecule has 0 N–H and O–H groups in total. The average Bonchev–Trinajstić information content (AvgIpc) is 3.08. The van der Waals surface area contributed by atoms with E-state index in [1.54, 1.807) is 7.11 Å². The molecule has 1 atom stereocenters. The summed E-state index contributed by atoms with van der Waals surface area (Å²) in [4.78, 5) is 18.8. The molecule has 2 aliphatic rings. The number of carbonyl (C=O) groups is 1. The molecule has 2 heterocycles. The summed E-state index contributed by atoms with van der Waals surface area (Å²) < 4.78 is 5.12. The van der Waals surface area contributed by atoms with Gasteiger partial charge in [-0.15, -0.1) is 0 Å². The zero-order valence-corrected chi connectivity index (χ0v) is 13.0. The first-order valence-corrected chi connectivity index (χ1v) is 7.86. The number of nitrogens with zero attached hydrogens (tertiary/aromatic N) is 3. The van der Waals surface area contributed by atoms with Gasteiger partial charge in [-0.2, -0.15) is 0 Å². The van der Waals surface area contributed by atoms with Crippen LogP contribution < -0.4 is 0 Å². The summed E-state index contributed by atoms with van der Waals surface area (Å²) in [5.41, 5.74) is 0. The Morgan fingerprint density at radius 2 is 2.00 bits per heavy atom. The van der Waals surface area contributed by atoms with Gasteiger partial charge in [0.2, 0.25) is 5.91 Å². The molecule has 0 unspecified atom stereocenters. The van der Waals surface area contributed by atoms with Gasteiger partial charge < -0.3 is 14.5 Å². The number of carbonyl (C=O) groups excluding carboxylic acids is 1. The first-order valence-electron chi connectivity index (χ1n) is 7.86. The molecule has 116 valence electrons. The van der Waals surface area contributed by atoms with Crippen LogP contribution in [0.25, 0.3) is 0 Å². The van der Waals surface area contributed by atoms with Crippen molar-refractivity contribution < 1.29 is 9.53 Å². The Bertz CT molecular complexity index is 305. The summed E-state index contributed by atoms with van der Waals surface area (Å²) in [6, 6.07) is 0. The van der Waals surface area contributed by atoms with Crippen molar-refractivity contribution in [1.82, 2.24) is 14.7 Å². The van der Waals surface area contributed by atoms with Gasteiger partial charge in [0.1, 0.15) is 0 Å². The van der Waals surface area contributed by atoms with Crippen molar-refractivity contribution in [1.29, 1.82) is 0 Å². The largest absolute Gasteiger partial charge is 0.383 e. The van der Waals surface area contributed by atoms with Crippen molar-refractivity contribution in [3.05, 3.63) is 0 Å². The fourth-order valence-electron chi connectivity index (χ4n) is 3.23. The highest BCUT2D eigenvalue weighted by atomic mass is 16.5. The van der Waals surface area contributed by atoms with E-state index in [0.717, 1.165) is 45.9 Å². The fraction of sp³-hybridized carbons (Fsp3) is 0.933. The average molecular weight is 283 g/mol. The van der Waals surface area contributed by atoms with Crippen molar-refractivity contribution in [2.24, 2.45) is 5.92 Å². The van der Waals surface area contributed by atoms with Gasteiger partial charge in [0.15, 0.2) is 0 Å². The molecule has 0 aromatic carbocycles. The molecular formula is C15H29N3O2. The minimum atomic E-state index is 0.280. The summed E-state index contributed by atoms with van der Waals surface area (Å²) in [6.07, 6.45) is 3.69. The van der Waals surface area contributed by atoms with Gasteiger partial charge in [0.05, 0.1) is 13.2 Å². The van der Waals surface area contributed by atoms with E-state index in [0.29, 0.717) is 12.5 Å². The molecule has 20 heavy (non-hydrogen) atoms. The molecule has 0 spiro atoms. The number of methoxy groups -OCH3 is 1. The molecule has 2 rings (SSSR count). The van der Waals surface area contributed by atoms with Crippen molar-refractivity contribution >= 4 is 5.91 Å². The van der Waals surface area contributed by atoms with Crippen molar-refractivity contribution in [3.63, 3.8) is 0 Å². The second-order valence-corrected chi connectivity index (χ2v) is 6.21. The zero-order chi connectivity index (χ0) is 14.4. The highest BCUT2D eigenvalue weighted by molar-refractivity contribution is 5.78. The zero-order valence-electron chi connectivity index (χ0n) is 13.0. The number of hydrogen-bond donors (Lipinski definition) is 0. The van der Waals surface area contributed by atoms with Crippen LogP contribution in [0.15, 0.2) is 0 Å². The van der Waals surface area contributed by atoms with Crippen molar-refractivity contribution in [2.75, 3.05) is 66.6 Å². The Hall–Kier alpha value is -0.650.